The van der Waals surface area contributed by atoms with Crippen LogP contribution in [0.4, 0.5) is 0 Å². The molecule has 88 valence electrons. The second kappa shape index (κ2) is 4.98. The average molecular weight is 291 g/mol. The number of nitrogens with two attached hydrogens (primary N) is 1. The van der Waals surface area contributed by atoms with Crippen molar-refractivity contribution in [2.24, 2.45) is 5.73 Å². The van der Waals surface area contributed by atoms with Gasteiger partial charge in [0, 0.05) is 16.9 Å². The molecular formula is C14H15BrN2. The summed E-state index contributed by atoms with van der Waals surface area (Å²) in [5.74, 6) is 0. The Morgan fingerprint density at radius 1 is 1.18 bits per heavy atom. The van der Waals surface area contributed by atoms with Crippen LogP contribution in [0.25, 0.3) is 0 Å². The summed E-state index contributed by atoms with van der Waals surface area (Å²) < 4.78 is 1.06. The smallest absolute Gasteiger partial charge is 0.0678 e. The zero-order valence-corrected chi connectivity index (χ0v) is 11.3. The third-order valence-corrected chi connectivity index (χ3v) is 3.62. The van der Waals surface area contributed by atoms with Gasteiger partial charge in [0.1, 0.15) is 0 Å². The van der Waals surface area contributed by atoms with Gasteiger partial charge in [0.25, 0.3) is 0 Å². The number of benzene rings is 1. The van der Waals surface area contributed by atoms with E-state index >= 15 is 0 Å². The molecule has 0 aliphatic heterocycles. The lowest BCUT2D eigenvalue weighted by molar-refractivity contribution is 0.517. The molecule has 0 aliphatic carbocycles. The zero-order valence-electron chi connectivity index (χ0n) is 9.73. The van der Waals surface area contributed by atoms with Gasteiger partial charge in [0.05, 0.1) is 5.54 Å². The maximum absolute atomic E-state index is 6.53. The lowest BCUT2D eigenvalue weighted by Gasteiger charge is -2.29. The summed E-state index contributed by atoms with van der Waals surface area (Å²) in [6.07, 6.45) is 4.44. The van der Waals surface area contributed by atoms with E-state index in [9.17, 15) is 0 Å². The summed E-state index contributed by atoms with van der Waals surface area (Å²) in [5, 5.41) is 0. The van der Waals surface area contributed by atoms with E-state index < -0.39 is 5.54 Å². The fourth-order valence-electron chi connectivity index (χ4n) is 1.95. The van der Waals surface area contributed by atoms with Gasteiger partial charge in [-0.3, -0.25) is 4.98 Å². The van der Waals surface area contributed by atoms with Gasteiger partial charge in [0.15, 0.2) is 0 Å². The van der Waals surface area contributed by atoms with E-state index in [-0.39, 0.29) is 0 Å². The van der Waals surface area contributed by atoms with Crippen molar-refractivity contribution in [3.05, 3.63) is 64.4 Å². The minimum atomic E-state index is -0.463. The highest BCUT2D eigenvalue weighted by molar-refractivity contribution is 9.10. The maximum atomic E-state index is 6.53. The Morgan fingerprint density at radius 2 is 1.88 bits per heavy atom. The second-order valence-corrected chi connectivity index (χ2v) is 4.99. The number of aromatic nitrogens is 1. The fourth-order valence-corrected chi connectivity index (χ4v) is 2.21. The highest BCUT2D eigenvalue weighted by Crippen LogP contribution is 2.30. The molecule has 2 N–H and O–H groups in total. The van der Waals surface area contributed by atoms with Crippen LogP contribution in [0.1, 0.15) is 24.5 Å². The van der Waals surface area contributed by atoms with Crippen molar-refractivity contribution in [3.63, 3.8) is 0 Å². The molecule has 0 radical (unpaired) electrons. The van der Waals surface area contributed by atoms with Crippen molar-refractivity contribution in [1.82, 2.24) is 4.98 Å². The van der Waals surface area contributed by atoms with Gasteiger partial charge in [0.2, 0.25) is 0 Å². The Hall–Kier alpha value is -1.19. The number of halogens is 1. The van der Waals surface area contributed by atoms with Crippen LogP contribution < -0.4 is 5.73 Å². The first-order valence-corrected chi connectivity index (χ1v) is 6.41. The quantitative estimate of drug-likeness (QED) is 0.940. The van der Waals surface area contributed by atoms with Crippen LogP contribution >= 0.6 is 15.9 Å². The molecule has 2 nitrogen and oxygen atoms in total. The van der Waals surface area contributed by atoms with Crippen LogP contribution in [0.15, 0.2) is 53.3 Å². The van der Waals surface area contributed by atoms with E-state index in [1.165, 1.54) is 0 Å². The summed E-state index contributed by atoms with van der Waals surface area (Å²) in [4.78, 5) is 4.15. The summed E-state index contributed by atoms with van der Waals surface area (Å²) in [7, 11) is 0. The predicted octanol–water partition coefficient (Wildman–Crippen LogP) is 3.46. The summed E-state index contributed by atoms with van der Waals surface area (Å²) in [6.45, 7) is 2.09. The number of pyridine rings is 1. The van der Waals surface area contributed by atoms with Crippen molar-refractivity contribution in [3.8, 4) is 0 Å². The molecule has 3 heteroatoms. The SMILES string of the molecule is CCC(N)(c1ccc(Br)cc1)c1cccnc1. The highest BCUT2D eigenvalue weighted by atomic mass is 79.9. The monoisotopic (exact) mass is 290 g/mol. The molecule has 0 amide bonds. The molecule has 1 aromatic carbocycles. The first kappa shape index (κ1) is 12.3. The van der Waals surface area contributed by atoms with E-state index in [0.29, 0.717) is 0 Å². The van der Waals surface area contributed by atoms with Crippen molar-refractivity contribution in [2.75, 3.05) is 0 Å². The largest absolute Gasteiger partial charge is 0.318 e. The molecule has 0 aliphatic rings. The van der Waals surface area contributed by atoms with E-state index in [0.717, 1.165) is 22.0 Å². The van der Waals surface area contributed by atoms with Crippen LogP contribution in [0.2, 0.25) is 0 Å². The van der Waals surface area contributed by atoms with Gasteiger partial charge in [-0.2, -0.15) is 0 Å². The van der Waals surface area contributed by atoms with Crippen LogP contribution in [-0.2, 0) is 5.54 Å². The van der Waals surface area contributed by atoms with Crippen LogP contribution in [0, 0.1) is 0 Å². The summed E-state index contributed by atoms with van der Waals surface area (Å²) in [6, 6.07) is 12.1. The van der Waals surface area contributed by atoms with Crippen molar-refractivity contribution in [1.29, 1.82) is 0 Å². The van der Waals surface area contributed by atoms with Crippen molar-refractivity contribution in [2.45, 2.75) is 18.9 Å². The Kier molecular flexibility index (Phi) is 3.60. The van der Waals surface area contributed by atoms with Crippen LogP contribution in [-0.4, -0.2) is 4.98 Å². The topological polar surface area (TPSA) is 38.9 Å². The third kappa shape index (κ3) is 2.40. The van der Waals surface area contributed by atoms with Gasteiger partial charge in [-0.1, -0.05) is 41.1 Å². The first-order chi connectivity index (χ1) is 8.16. The molecule has 1 aromatic heterocycles. The Labute approximate surface area is 110 Å². The molecular weight excluding hydrogens is 276 g/mol. The maximum Gasteiger partial charge on any atom is 0.0678 e. The fraction of sp³-hybridized carbons (Fsp3) is 0.214. The number of nitrogens with zero attached hydrogens (tertiary/aromatic N) is 1. The molecule has 1 unspecified atom stereocenters. The minimum absolute atomic E-state index is 0.463. The molecule has 1 atom stereocenters. The molecule has 0 spiro atoms. The highest BCUT2D eigenvalue weighted by Gasteiger charge is 2.27. The van der Waals surface area contributed by atoms with Gasteiger partial charge < -0.3 is 5.73 Å². The Bertz CT molecular complexity index is 481. The zero-order chi connectivity index (χ0) is 12.3. The number of rotatable bonds is 3. The lowest BCUT2D eigenvalue weighted by Crippen LogP contribution is -2.37. The average Bonchev–Trinajstić information content (AvgIpc) is 2.40. The first-order valence-electron chi connectivity index (χ1n) is 5.62. The van der Waals surface area contributed by atoms with Gasteiger partial charge in [-0.05, 0) is 35.7 Å². The van der Waals surface area contributed by atoms with E-state index in [2.05, 4.69) is 40.0 Å². The lowest BCUT2D eigenvalue weighted by atomic mass is 9.82. The molecule has 2 aromatic rings. The minimum Gasteiger partial charge on any atom is -0.318 e. The van der Waals surface area contributed by atoms with Gasteiger partial charge >= 0.3 is 0 Å². The van der Waals surface area contributed by atoms with Crippen molar-refractivity contribution < 1.29 is 0 Å². The third-order valence-electron chi connectivity index (χ3n) is 3.09. The van der Waals surface area contributed by atoms with E-state index in [4.69, 9.17) is 5.73 Å². The molecule has 2 rings (SSSR count). The van der Waals surface area contributed by atoms with E-state index in [1.807, 2.05) is 30.5 Å². The standard InChI is InChI=1S/C14H15BrN2/c1-2-14(16,12-4-3-9-17-10-12)11-5-7-13(15)8-6-11/h3-10H,2,16H2,1H3. The summed E-state index contributed by atoms with van der Waals surface area (Å²) >= 11 is 3.44. The number of hydrogen-bond donors (Lipinski definition) is 1. The van der Waals surface area contributed by atoms with Gasteiger partial charge in [-0.15, -0.1) is 0 Å². The number of hydrogen-bond acceptors (Lipinski definition) is 2. The molecule has 0 bridgehead atoms. The molecule has 0 fully saturated rings. The van der Waals surface area contributed by atoms with Crippen molar-refractivity contribution >= 4 is 15.9 Å². The second-order valence-electron chi connectivity index (χ2n) is 4.07. The van der Waals surface area contributed by atoms with Gasteiger partial charge in [-0.25, -0.2) is 0 Å². The van der Waals surface area contributed by atoms with Crippen LogP contribution in [0.3, 0.4) is 0 Å². The molecule has 17 heavy (non-hydrogen) atoms. The predicted molar refractivity (Wildman–Crippen MR) is 73.6 cm³/mol. The van der Waals surface area contributed by atoms with Crippen LogP contribution in [0.5, 0.6) is 0 Å². The Balaban J connectivity index is 2.48. The van der Waals surface area contributed by atoms with E-state index in [1.54, 1.807) is 6.20 Å². The normalized spacial score (nSPS) is 14.3. The molecule has 0 saturated heterocycles. The molecule has 0 saturated carbocycles. The molecule has 1 heterocycles. The Morgan fingerprint density at radius 3 is 2.41 bits per heavy atom. The summed E-state index contributed by atoms with van der Waals surface area (Å²) in [5.41, 5.74) is 8.23.